The Morgan fingerprint density at radius 3 is 2.42 bits per heavy atom. The average Bonchev–Trinajstić information content (AvgIpc) is 3.85. The summed E-state index contributed by atoms with van der Waals surface area (Å²) in [5.41, 5.74) is 4.76. The van der Waals surface area contributed by atoms with Crippen LogP contribution in [0.15, 0.2) is 99.3 Å². The maximum atomic E-state index is 13.8. The lowest BCUT2D eigenvalue weighted by Crippen LogP contribution is -2.36. The number of nitrogens with zero attached hydrogens (tertiary/aromatic N) is 4. The van der Waals surface area contributed by atoms with Crippen LogP contribution in [0.3, 0.4) is 0 Å². The largest absolute Gasteiger partial charge is 0.490 e. The normalized spacial score (nSPS) is 13.5. The third-order valence-corrected chi connectivity index (χ3v) is 12.8. The number of aromatic nitrogens is 3. The Balaban J connectivity index is 0.828. The van der Waals surface area contributed by atoms with Crippen molar-refractivity contribution >= 4 is 38.0 Å². The molecule has 1 aliphatic rings. The van der Waals surface area contributed by atoms with Crippen molar-refractivity contribution in [2.75, 3.05) is 89.8 Å². The smallest absolute Gasteiger partial charge is 0.406 e. The van der Waals surface area contributed by atoms with Gasteiger partial charge in [0.1, 0.15) is 35.3 Å². The van der Waals surface area contributed by atoms with Gasteiger partial charge in [-0.3, -0.25) is 9.59 Å². The van der Waals surface area contributed by atoms with Gasteiger partial charge in [-0.15, -0.1) is 0 Å². The number of likely N-dealkylation sites (tertiary alicyclic amines) is 1. The zero-order chi connectivity index (χ0) is 50.5. The fourth-order valence-electron chi connectivity index (χ4n) is 8.20. The molecule has 0 saturated carbocycles. The lowest BCUT2D eigenvalue weighted by molar-refractivity contribution is -0.140. The fraction of sp³-hybridized carbons (Fsp3) is 0.392. The third kappa shape index (κ3) is 14.6. The fourth-order valence-corrected chi connectivity index (χ4v) is 9.00. The number of fused-ring (bicyclic) bond motifs is 1. The minimum atomic E-state index is -4.47. The third-order valence-electron chi connectivity index (χ3n) is 11.7. The second kappa shape index (κ2) is 23.9. The van der Waals surface area contributed by atoms with Crippen LogP contribution in [0.1, 0.15) is 35.6 Å². The van der Waals surface area contributed by atoms with Gasteiger partial charge in [0.25, 0.3) is 11.5 Å². The van der Waals surface area contributed by atoms with E-state index in [1.807, 2.05) is 32.0 Å². The molecule has 0 aliphatic carbocycles. The van der Waals surface area contributed by atoms with Crippen LogP contribution in [0, 0.1) is 25.7 Å². The molecule has 3 aromatic carbocycles. The minimum Gasteiger partial charge on any atom is -0.490 e. The molecular formula is C51H58F3N7O9S. The summed E-state index contributed by atoms with van der Waals surface area (Å²) in [6.45, 7) is 5.35. The molecule has 1 aliphatic heterocycles. The molecule has 7 rings (SSSR count). The molecule has 0 radical (unpaired) electrons. The summed E-state index contributed by atoms with van der Waals surface area (Å²) in [5.74, 6) is 6.68. The van der Waals surface area contributed by atoms with Crippen LogP contribution in [0.2, 0.25) is 0 Å². The zero-order valence-corrected chi connectivity index (χ0v) is 40.9. The highest BCUT2D eigenvalue weighted by molar-refractivity contribution is 7.90. The first-order chi connectivity index (χ1) is 34.0. The van der Waals surface area contributed by atoms with Crippen molar-refractivity contribution in [3.05, 3.63) is 118 Å². The zero-order valence-electron chi connectivity index (χ0n) is 40.1. The summed E-state index contributed by atoms with van der Waals surface area (Å²) in [6, 6.07) is 22.1. The molecule has 0 unspecified atom stereocenters. The number of hydrogen-bond donors (Lipinski definition) is 3. The first kappa shape index (κ1) is 52.0. The number of ether oxygens (including phenoxy) is 4. The van der Waals surface area contributed by atoms with Crippen molar-refractivity contribution in [3.63, 3.8) is 0 Å². The molecule has 4 heterocycles. The van der Waals surface area contributed by atoms with Gasteiger partial charge in [-0.2, -0.15) is 13.2 Å². The number of nitrogens with one attached hydrogen (secondary N) is 3. The maximum Gasteiger partial charge on any atom is 0.406 e. The summed E-state index contributed by atoms with van der Waals surface area (Å²) >= 11 is 0. The van der Waals surface area contributed by atoms with E-state index in [1.165, 1.54) is 22.8 Å². The lowest BCUT2D eigenvalue weighted by atomic mass is 10.0. The summed E-state index contributed by atoms with van der Waals surface area (Å²) in [5, 5.41) is 14.0. The average molecular weight is 1000 g/mol. The molecule has 3 aromatic heterocycles. The molecule has 378 valence electrons. The summed E-state index contributed by atoms with van der Waals surface area (Å²) in [6.07, 6.45) is 0.205. The number of carbonyl (C=O) groups is 1. The number of pyridine rings is 1. The summed E-state index contributed by atoms with van der Waals surface area (Å²) < 4.78 is 97.4. The number of anilines is 2. The SMILES string of the molecule is Cc1noc(C)c1-c1ccc(=O)n(Cc2ccccc2OCC(=O)NCCOCCOCCOc2cc(NCC#Cc3cc4c(NC5CCN(C)CC5)cccc4n3CC(F)(F)F)ccc2S(C)(=O)=O)c1. The number of para-hydroxylation sites is 1. The molecule has 0 atom stereocenters. The van der Waals surface area contributed by atoms with Gasteiger partial charge in [0.2, 0.25) is 0 Å². The first-order valence-electron chi connectivity index (χ1n) is 23.1. The van der Waals surface area contributed by atoms with E-state index in [2.05, 4.69) is 44.9 Å². The van der Waals surface area contributed by atoms with Crippen molar-refractivity contribution < 1.29 is 49.9 Å². The number of amides is 1. The topological polar surface area (TPSA) is 180 Å². The van der Waals surface area contributed by atoms with E-state index >= 15 is 0 Å². The van der Waals surface area contributed by atoms with Crippen molar-refractivity contribution in [2.45, 2.75) is 56.9 Å². The quantitative estimate of drug-likeness (QED) is 0.0486. The highest BCUT2D eigenvalue weighted by Crippen LogP contribution is 2.32. The molecule has 1 fully saturated rings. The number of piperidine rings is 1. The molecule has 3 N–H and O–H groups in total. The highest BCUT2D eigenvalue weighted by atomic mass is 32.2. The van der Waals surface area contributed by atoms with Gasteiger partial charge in [-0.05, 0) is 95.2 Å². The van der Waals surface area contributed by atoms with E-state index in [0.717, 1.165) is 54.7 Å². The van der Waals surface area contributed by atoms with E-state index in [4.69, 9.17) is 23.5 Å². The van der Waals surface area contributed by atoms with E-state index in [1.54, 1.807) is 53.2 Å². The van der Waals surface area contributed by atoms with Crippen molar-refractivity contribution in [2.24, 2.45) is 0 Å². The summed E-state index contributed by atoms with van der Waals surface area (Å²) in [7, 11) is -1.60. The Bertz CT molecular complexity index is 3000. The van der Waals surface area contributed by atoms with Crippen LogP contribution >= 0.6 is 0 Å². The number of aryl methyl sites for hydroxylation is 2. The molecule has 6 aromatic rings. The predicted molar refractivity (Wildman–Crippen MR) is 264 cm³/mol. The van der Waals surface area contributed by atoms with Gasteiger partial charge in [-0.25, -0.2) is 8.42 Å². The van der Waals surface area contributed by atoms with Gasteiger partial charge in [0, 0.05) is 70.6 Å². The van der Waals surface area contributed by atoms with Gasteiger partial charge in [0.15, 0.2) is 16.4 Å². The molecule has 1 saturated heterocycles. The van der Waals surface area contributed by atoms with Crippen molar-refractivity contribution in [3.8, 4) is 34.5 Å². The van der Waals surface area contributed by atoms with E-state index < -0.39 is 22.6 Å². The monoisotopic (exact) mass is 1000 g/mol. The Labute approximate surface area is 410 Å². The number of halogens is 3. The van der Waals surface area contributed by atoms with Crippen LogP contribution < -0.4 is 31.0 Å². The molecule has 71 heavy (non-hydrogen) atoms. The van der Waals surface area contributed by atoms with Crippen LogP contribution in [0.4, 0.5) is 24.5 Å². The number of carbonyl (C=O) groups excluding carboxylic acids is 1. The first-order valence-corrected chi connectivity index (χ1v) is 25.0. The van der Waals surface area contributed by atoms with Gasteiger partial charge < -0.3 is 53.5 Å². The van der Waals surface area contributed by atoms with Crippen LogP contribution in [0.5, 0.6) is 11.5 Å². The maximum absolute atomic E-state index is 13.8. The molecule has 20 heteroatoms. The Morgan fingerprint density at radius 1 is 0.915 bits per heavy atom. The van der Waals surface area contributed by atoms with E-state index in [0.29, 0.717) is 33.7 Å². The van der Waals surface area contributed by atoms with E-state index in [-0.39, 0.29) is 93.1 Å². The van der Waals surface area contributed by atoms with Crippen LogP contribution in [-0.4, -0.2) is 125 Å². The van der Waals surface area contributed by atoms with Gasteiger partial charge in [0.05, 0.1) is 56.4 Å². The van der Waals surface area contributed by atoms with Crippen LogP contribution in [-0.2, 0) is 37.2 Å². The Hall–Kier alpha value is -6.79. The Kier molecular flexibility index (Phi) is 17.5. The number of rotatable bonds is 22. The highest BCUT2D eigenvalue weighted by Gasteiger charge is 2.30. The van der Waals surface area contributed by atoms with Crippen molar-refractivity contribution in [1.29, 1.82) is 0 Å². The molecule has 0 spiro atoms. The standard InChI is InChI=1S/C51H58F3N7O9S/c1-35-50(36(2)70-58-35)38-14-17-49(63)60(32-38)31-37-9-5-6-13-45(37)69-33-48(62)56-21-24-66-25-26-67-27-28-68-46-29-40(15-16-47(46)71(4,64)65)55-20-8-10-41-30-42-43(57-39-18-22-59(3)23-19-39)11-7-12-44(42)61(41)34-51(52,53)54/h5-7,9,11-17,29-30,32,39,55,57H,18-28,31,33-34H2,1-4H3,(H,56,62). The summed E-state index contributed by atoms with van der Waals surface area (Å²) in [4.78, 5) is 27.6. The number of benzene rings is 3. The number of alkyl halides is 3. The number of hydrogen-bond acceptors (Lipinski definition) is 13. The minimum absolute atomic E-state index is 0.0227. The molecule has 1 amide bonds. The van der Waals surface area contributed by atoms with Crippen LogP contribution in [0.25, 0.3) is 22.0 Å². The van der Waals surface area contributed by atoms with E-state index in [9.17, 15) is 31.2 Å². The molecular weight excluding hydrogens is 944 g/mol. The number of sulfone groups is 1. The second-order valence-electron chi connectivity index (χ2n) is 17.2. The lowest BCUT2D eigenvalue weighted by Gasteiger charge is -2.30. The van der Waals surface area contributed by atoms with Gasteiger partial charge >= 0.3 is 6.18 Å². The Morgan fingerprint density at radius 2 is 1.68 bits per heavy atom. The predicted octanol–water partition coefficient (Wildman–Crippen LogP) is 6.67. The second-order valence-corrected chi connectivity index (χ2v) is 19.2. The van der Waals surface area contributed by atoms with Gasteiger partial charge in [-0.1, -0.05) is 35.3 Å². The molecule has 0 bridgehead atoms. The molecule has 16 nitrogen and oxygen atoms in total. The van der Waals surface area contributed by atoms with Crippen molar-refractivity contribution in [1.82, 2.24) is 24.5 Å².